The van der Waals surface area contributed by atoms with Crippen LogP contribution in [0, 0.1) is 16.7 Å². The van der Waals surface area contributed by atoms with Crippen molar-refractivity contribution in [1.29, 1.82) is 0 Å². The zero-order valence-electron chi connectivity index (χ0n) is 29.4. The number of carbonyl (C=O) groups is 5. The number of carbonyl (C=O) groups excluding carboxylic acids is 5. The van der Waals surface area contributed by atoms with Crippen LogP contribution in [-0.2, 0) is 42.9 Å². The van der Waals surface area contributed by atoms with E-state index in [9.17, 15) is 29.1 Å². The second-order valence-electron chi connectivity index (χ2n) is 14.3. The molecule has 1 saturated carbocycles. The summed E-state index contributed by atoms with van der Waals surface area (Å²) in [6.07, 6.45) is -3.37. The molecule has 8 atom stereocenters. The molecule has 262 valence electrons. The largest absolute Gasteiger partial charge is 0.461 e. The molecule has 11 nitrogen and oxygen atoms in total. The molecule has 0 heterocycles. The van der Waals surface area contributed by atoms with E-state index in [1.54, 1.807) is 19.9 Å². The van der Waals surface area contributed by atoms with Crippen LogP contribution in [0.3, 0.4) is 0 Å². The van der Waals surface area contributed by atoms with Crippen LogP contribution >= 0.6 is 0 Å². The molecule has 4 bridgehead atoms. The Morgan fingerprint density at radius 2 is 1.50 bits per heavy atom. The molecule has 1 N–H and O–H groups in total. The summed E-state index contributed by atoms with van der Waals surface area (Å²) < 4.78 is 23.5. The van der Waals surface area contributed by atoms with Gasteiger partial charge in [0.05, 0.1) is 11.8 Å². The van der Waals surface area contributed by atoms with E-state index in [0.29, 0.717) is 16.7 Å². The number of rotatable bonds is 8. The third kappa shape index (κ3) is 7.57. The minimum absolute atomic E-state index is 0.0223. The molecule has 3 aliphatic carbocycles. The third-order valence-corrected chi connectivity index (χ3v) is 10.3. The van der Waals surface area contributed by atoms with Crippen molar-refractivity contribution < 1.29 is 48.0 Å². The molecule has 48 heavy (non-hydrogen) atoms. The molecule has 0 saturated heterocycles. The summed E-state index contributed by atoms with van der Waals surface area (Å²) in [4.78, 5) is 67.2. The highest BCUT2D eigenvalue weighted by atomic mass is 16.6. The summed E-state index contributed by atoms with van der Waals surface area (Å²) in [6, 6.07) is 9.28. The average molecular weight is 668 g/mol. The van der Waals surface area contributed by atoms with Crippen LogP contribution in [0.4, 0.5) is 0 Å². The quantitative estimate of drug-likeness (QED) is 0.239. The van der Waals surface area contributed by atoms with Crippen molar-refractivity contribution in [2.45, 2.75) is 111 Å². The lowest BCUT2D eigenvalue weighted by Gasteiger charge is -2.51. The van der Waals surface area contributed by atoms with Gasteiger partial charge in [-0.05, 0) is 74.6 Å². The molecular formula is C37H49NO10. The zero-order valence-corrected chi connectivity index (χ0v) is 29.4. The maximum atomic E-state index is 14.5. The number of hydrogen-bond acceptors (Lipinski definition) is 11. The zero-order chi connectivity index (χ0) is 35.7. The van der Waals surface area contributed by atoms with Crippen molar-refractivity contribution in [3.8, 4) is 0 Å². The molecule has 3 aliphatic rings. The van der Waals surface area contributed by atoms with E-state index in [1.807, 2.05) is 63.2 Å². The Bertz CT molecular complexity index is 1490. The summed E-state index contributed by atoms with van der Waals surface area (Å²) in [5.41, 5.74) is -0.00830. The van der Waals surface area contributed by atoms with Gasteiger partial charge in [-0.15, -0.1) is 0 Å². The standard InChI is InChI=1S/C37H49NO10/c1-20-28(45-21(2)39)16-26-30(46-22(3)40)15-25-19-37(7,35(44)34(43)33(20)36(26,5)6)31(47-23(4)41)18-29(25)48-32(42)17-27(38(8)9)24-13-11-10-12-14-24/h10-15,26-31,34,43H,16-19H2,1-9H3/b25-15+/t26-,27+,28-,29-,30-,31-,34+,37-/m0/s1. The summed E-state index contributed by atoms with van der Waals surface area (Å²) in [7, 11) is 3.75. The van der Waals surface area contributed by atoms with Crippen LogP contribution < -0.4 is 0 Å². The molecule has 11 heteroatoms. The lowest BCUT2D eigenvalue weighted by atomic mass is 9.57. The minimum Gasteiger partial charge on any atom is -0.461 e. The van der Waals surface area contributed by atoms with Gasteiger partial charge in [0.15, 0.2) is 5.78 Å². The highest BCUT2D eigenvalue weighted by Gasteiger charge is 2.57. The molecule has 0 radical (unpaired) electrons. The number of aliphatic hydroxyl groups excluding tert-OH is 1. The van der Waals surface area contributed by atoms with Crippen LogP contribution in [0.5, 0.6) is 0 Å². The Balaban J connectivity index is 1.86. The van der Waals surface area contributed by atoms with E-state index < -0.39 is 76.9 Å². The minimum atomic E-state index is -1.65. The van der Waals surface area contributed by atoms with E-state index in [-0.39, 0.29) is 31.7 Å². The summed E-state index contributed by atoms with van der Waals surface area (Å²) in [5, 5.41) is 11.9. The van der Waals surface area contributed by atoms with E-state index in [1.165, 1.54) is 20.8 Å². The fraction of sp³-hybridized carbons (Fsp3) is 0.595. The van der Waals surface area contributed by atoms with E-state index >= 15 is 0 Å². The van der Waals surface area contributed by atoms with Gasteiger partial charge in [-0.2, -0.15) is 0 Å². The van der Waals surface area contributed by atoms with Gasteiger partial charge in [-0.25, -0.2) is 0 Å². The molecule has 1 fully saturated rings. The SMILES string of the molecule is CC(=O)O[C@H]1C[C@H]2[C@@H](OC(C)=O)/C=C3\C[C@](C)(C(=O)[C@H](O)C(=C1C)C2(C)C)[C@@H](OC(C)=O)C[C@@H]3OC(=O)C[C@H](c1ccccc1)N(C)C. The maximum Gasteiger partial charge on any atom is 0.308 e. The molecule has 4 rings (SSSR count). The van der Waals surface area contributed by atoms with E-state index in [0.717, 1.165) is 5.56 Å². The van der Waals surface area contributed by atoms with Gasteiger partial charge in [0.1, 0.15) is 30.5 Å². The average Bonchev–Trinajstić information content (AvgIpc) is 2.97. The first-order valence-electron chi connectivity index (χ1n) is 16.4. The number of Topliss-reactive ketones (excluding diaryl/α,β-unsaturated/α-hetero) is 1. The molecule has 1 aromatic carbocycles. The normalized spacial score (nSPS) is 31.6. The van der Waals surface area contributed by atoms with Crippen molar-refractivity contribution in [1.82, 2.24) is 4.90 Å². The predicted octanol–water partition coefficient (Wildman–Crippen LogP) is 4.42. The van der Waals surface area contributed by atoms with Gasteiger partial charge >= 0.3 is 23.9 Å². The molecule has 0 amide bonds. The number of ketones is 1. The second kappa shape index (κ2) is 14.3. The van der Waals surface area contributed by atoms with Crippen LogP contribution in [-0.4, -0.2) is 84.3 Å². The lowest BCUT2D eigenvalue weighted by Crippen LogP contribution is -2.56. The smallest absolute Gasteiger partial charge is 0.308 e. The monoisotopic (exact) mass is 667 g/mol. The molecule has 0 spiro atoms. The number of aliphatic hydroxyl groups is 1. The van der Waals surface area contributed by atoms with Crippen molar-refractivity contribution in [3.63, 3.8) is 0 Å². The lowest BCUT2D eigenvalue weighted by molar-refractivity contribution is -0.170. The summed E-state index contributed by atoms with van der Waals surface area (Å²) in [5.74, 6) is -3.34. The first kappa shape index (κ1) is 37.0. The number of nitrogens with zero attached hydrogens (tertiary/aromatic N) is 1. The Hall–Kier alpha value is -3.83. The van der Waals surface area contributed by atoms with E-state index in [4.69, 9.17) is 18.9 Å². The van der Waals surface area contributed by atoms with Gasteiger partial charge < -0.3 is 29.0 Å². The number of benzene rings is 1. The molecular weight excluding hydrogens is 618 g/mol. The fourth-order valence-electron chi connectivity index (χ4n) is 7.92. The Morgan fingerprint density at radius 3 is 2.06 bits per heavy atom. The second-order valence-corrected chi connectivity index (χ2v) is 14.3. The molecule has 1 aromatic rings. The highest BCUT2D eigenvalue weighted by molar-refractivity contribution is 5.93. The van der Waals surface area contributed by atoms with Crippen LogP contribution in [0.1, 0.15) is 85.8 Å². The fourth-order valence-corrected chi connectivity index (χ4v) is 7.92. The number of hydrogen-bond donors (Lipinski definition) is 1. The van der Waals surface area contributed by atoms with Gasteiger partial charge in [-0.3, -0.25) is 24.0 Å². The van der Waals surface area contributed by atoms with Crippen LogP contribution in [0.2, 0.25) is 0 Å². The maximum absolute atomic E-state index is 14.5. The van der Waals surface area contributed by atoms with Gasteiger partial charge in [0.25, 0.3) is 0 Å². The van der Waals surface area contributed by atoms with Gasteiger partial charge in [-0.1, -0.05) is 44.2 Å². The Labute approximate surface area is 282 Å². The van der Waals surface area contributed by atoms with Crippen LogP contribution in [0.15, 0.2) is 53.1 Å². The molecule has 0 unspecified atom stereocenters. The first-order chi connectivity index (χ1) is 22.4. The van der Waals surface area contributed by atoms with Gasteiger partial charge in [0, 0.05) is 39.2 Å². The third-order valence-electron chi connectivity index (χ3n) is 10.3. The predicted molar refractivity (Wildman–Crippen MR) is 175 cm³/mol. The first-order valence-corrected chi connectivity index (χ1v) is 16.4. The Kier molecular flexibility index (Phi) is 11.1. The van der Waals surface area contributed by atoms with Crippen molar-refractivity contribution in [3.05, 3.63) is 58.7 Å². The number of ether oxygens (including phenoxy) is 4. The van der Waals surface area contributed by atoms with Crippen molar-refractivity contribution >= 4 is 29.7 Å². The van der Waals surface area contributed by atoms with Crippen molar-refractivity contribution in [2.24, 2.45) is 16.7 Å². The topological polar surface area (TPSA) is 146 Å². The summed E-state index contributed by atoms with van der Waals surface area (Å²) in [6.45, 7) is 10.9. The molecule has 0 aliphatic heterocycles. The highest BCUT2D eigenvalue weighted by Crippen LogP contribution is 2.53. The van der Waals surface area contributed by atoms with E-state index in [2.05, 4.69) is 0 Å². The number of fused-ring (bicyclic) bond motifs is 4. The number of esters is 4. The van der Waals surface area contributed by atoms with Crippen LogP contribution in [0.25, 0.3) is 0 Å². The Morgan fingerprint density at radius 1 is 0.896 bits per heavy atom. The summed E-state index contributed by atoms with van der Waals surface area (Å²) >= 11 is 0. The van der Waals surface area contributed by atoms with Crippen molar-refractivity contribution in [2.75, 3.05) is 14.1 Å². The van der Waals surface area contributed by atoms with Gasteiger partial charge in [0.2, 0.25) is 0 Å². The molecule has 0 aromatic heterocycles.